The van der Waals surface area contributed by atoms with Crippen molar-refractivity contribution in [1.29, 1.82) is 0 Å². The Morgan fingerprint density at radius 1 is 1.12 bits per heavy atom. The largest absolute Gasteiger partial charge is 0.492 e. The number of hydrogen-bond acceptors (Lipinski definition) is 2. The molecule has 0 radical (unpaired) electrons. The predicted octanol–water partition coefficient (Wildman–Crippen LogP) is 3.58. The summed E-state index contributed by atoms with van der Waals surface area (Å²) in [5, 5.41) is 3.33. The average Bonchev–Trinajstić information content (AvgIpc) is 2.36. The van der Waals surface area contributed by atoms with E-state index in [1.807, 2.05) is 0 Å². The van der Waals surface area contributed by atoms with Crippen molar-refractivity contribution < 1.29 is 4.74 Å². The van der Waals surface area contributed by atoms with Gasteiger partial charge in [0.15, 0.2) is 0 Å². The molecule has 2 unspecified atom stereocenters. The van der Waals surface area contributed by atoms with Crippen LogP contribution in [0.25, 0.3) is 0 Å². The number of hydrogen-bond donors (Lipinski definition) is 1. The van der Waals surface area contributed by atoms with Gasteiger partial charge in [-0.25, -0.2) is 0 Å². The van der Waals surface area contributed by atoms with Crippen LogP contribution in [0.1, 0.15) is 45.6 Å². The molecule has 0 heterocycles. The van der Waals surface area contributed by atoms with Crippen LogP contribution in [-0.4, -0.2) is 19.2 Å². The normalized spacial score (nSPS) is 14.4. The van der Waals surface area contributed by atoms with Crippen molar-refractivity contribution in [1.82, 2.24) is 5.32 Å². The molecule has 2 atom stereocenters. The van der Waals surface area contributed by atoms with E-state index in [-0.39, 0.29) is 0 Å². The standard InChI is InChI=1S/C15H25NO/c1-5-12(3)14-7-9-15(10-8-14)17-11-13(4)16-6-2/h7-10,12-13,16H,5-6,11H2,1-4H3. The molecular formula is C15H25NO. The summed E-state index contributed by atoms with van der Waals surface area (Å²) in [6, 6.07) is 8.87. The van der Waals surface area contributed by atoms with Gasteiger partial charge in [0, 0.05) is 6.04 Å². The first-order valence-electron chi connectivity index (χ1n) is 6.63. The minimum absolute atomic E-state index is 0.397. The van der Waals surface area contributed by atoms with Gasteiger partial charge in [-0.1, -0.05) is 32.9 Å². The molecule has 1 N–H and O–H groups in total. The van der Waals surface area contributed by atoms with Gasteiger partial charge in [0.05, 0.1) is 0 Å². The van der Waals surface area contributed by atoms with Crippen LogP contribution in [0, 0.1) is 0 Å². The summed E-state index contributed by atoms with van der Waals surface area (Å²) in [7, 11) is 0. The van der Waals surface area contributed by atoms with Gasteiger partial charge in [0.1, 0.15) is 12.4 Å². The molecule has 17 heavy (non-hydrogen) atoms. The SMILES string of the molecule is CCNC(C)COc1ccc(C(C)CC)cc1. The number of ether oxygens (including phenoxy) is 1. The second-order valence-electron chi connectivity index (χ2n) is 4.65. The Hall–Kier alpha value is -1.02. The van der Waals surface area contributed by atoms with Crippen molar-refractivity contribution in [3.8, 4) is 5.75 Å². The van der Waals surface area contributed by atoms with Crippen molar-refractivity contribution >= 4 is 0 Å². The molecular weight excluding hydrogens is 210 g/mol. The Kier molecular flexibility index (Phi) is 6.06. The predicted molar refractivity (Wildman–Crippen MR) is 73.8 cm³/mol. The van der Waals surface area contributed by atoms with Gasteiger partial charge in [-0.3, -0.25) is 0 Å². The number of rotatable bonds is 7. The first-order valence-corrected chi connectivity index (χ1v) is 6.63. The van der Waals surface area contributed by atoms with Crippen LogP contribution >= 0.6 is 0 Å². The lowest BCUT2D eigenvalue weighted by Gasteiger charge is -2.14. The van der Waals surface area contributed by atoms with Crippen molar-refractivity contribution in [2.75, 3.05) is 13.2 Å². The van der Waals surface area contributed by atoms with Gasteiger partial charge in [-0.15, -0.1) is 0 Å². The van der Waals surface area contributed by atoms with Crippen LogP contribution in [0.4, 0.5) is 0 Å². The van der Waals surface area contributed by atoms with E-state index in [9.17, 15) is 0 Å². The fourth-order valence-electron chi connectivity index (χ4n) is 1.76. The lowest BCUT2D eigenvalue weighted by molar-refractivity contribution is 0.275. The van der Waals surface area contributed by atoms with Crippen LogP contribution < -0.4 is 10.1 Å². The molecule has 0 fully saturated rings. The lowest BCUT2D eigenvalue weighted by Crippen LogP contribution is -2.31. The zero-order chi connectivity index (χ0) is 12.7. The quantitative estimate of drug-likeness (QED) is 0.780. The van der Waals surface area contributed by atoms with E-state index in [0.717, 1.165) is 18.9 Å². The maximum Gasteiger partial charge on any atom is 0.119 e. The zero-order valence-corrected chi connectivity index (χ0v) is 11.5. The second-order valence-corrected chi connectivity index (χ2v) is 4.65. The highest BCUT2D eigenvalue weighted by Crippen LogP contribution is 2.21. The van der Waals surface area contributed by atoms with E-state index in [2.05, 4.69) is 57.3 Å². The number of nitrogens with one attached hydrogen (secondary N) is 1. The molecule has 2 heteroatoms. The smallest absolute Gasteiger partial charge is 0.119 e. The average molecular weight is 235 g/mol. The lowest BCUT2D eigenvalue weighted by atomic mass is 9.99. The van der Waals surface area contributed by atoms with Crippen LogP contribution in [0.15, 0.2) is 24.3 Å². The molecule has 0 aliphatic heterocycles. The molecule has 0 amide bonds. The fraction of sp³-hybridized carbons (Fsp3) is 0.600. The summed E-state index contributed by atoms with van der Waals surface area (Å²) in [6.45, 7) is 10.4. The molecule has 1 aromatic carbocycles. The molecule has 96 valence electrons. The molecule has 0 bridgehead atoms. The van der Waals surface area contributed by atoms with Gasteiger partial charge in [-0.05, 0) is 43.5 Å². The molecule has 0 aliphatic carbocycles. The molecule has 1 aromatic rings. The molecule has 1 rings (SSSR count). The van der Waals surface area contributed by atoms with E-state index in [1.54, 1.807) is 0 Å². The van der Waals surface area contributed by atoms with E-state index in [0.29, 0.717) is 12.0 Å². The third-order valence-corrected chi connectivity index (χ3v) is 3.11. The van der Waals surface area contributed by atoms with Gasteiger partial charge in [-0.2, -0.15) is 0 Å². The number of benzene rings is 1. The Balaban J connectivity index is 2.45. The van der Waals surface area contributed by atoms with Gasteiger partial charge in [0.2, 0.25) is 0 Å². The summed E-state index contributed by atoms with van der Waals surface area (Å²) >= 11 is 0. The van der Waals surface area contributed by atoms with Gasteiger partial charge >= 0.3 is 0 Å². The first kappa shape index (κ1) is 14.0. The molecule has 2 nitrogen and oxygen atoms in total. The van der Waals surface area contributed by atoms with Crippen LogP contribution in [-0.2, 0) is 0 Å². The number of likely N-dealkylation sites (N-methyl/N-ethyl adjacent to an activating group) is 1. The summed E-state index contributed by atoms with van der Waals surface area (Å²) in [4.78, 5) is 0. The van der Waals surface area contributed by atoms with E-state index in [1.165, 1.54) is 12.0 Å². The maximum absolute atomic E-state index is 5.73. The summed E-state index contributed by atoms with van der Waals surface area (Å²) in [6.07, 6.45) is 1.18. The Labute approximate surface area is 105 Å². The third-order valence-electron chi connectivity index (χ3n) is 3.11. The Morgan fingerprint density at radius 2 is 1.76 bits per heavy atom. The first-order chi connectivity index (χ1) is 8.17. The Morgan fingerprint density at radius 3 is 2.29 bits per heavy atom. The maximum atomic E-state index is 5.73. The minimum Gasteiger partial charge on any atom is -0.492 e. The monoisotopic (exact) mass is 235 g/mol. The Bertz CT molecular complexity index is 307. The van der Waals surface area contributed by atoms with Crippen molar-refractivity contribution in [3.63, 3.8) is 0 Å². The second kappa shape index (κ2) is 7.33. The highest BCUT2D eigenvalue weighted by molar-refractivity contribution is 5.29. The van der Waals surface area contributed by atoms with Crippen LogP contribution in [0.3, 0.4) is 0 Å². The highest BCUT2D eigenvalue weighted by Gasteiger charge is 2.04. The highest BCUT2D eigenvalue weighted by atomic mass is 16.5. The van der Waals surface area contributed by atoms with Crippen LogP contribution in [0.2, 0.25) is 0 Å². The van der Waals surface area contributed by atoms with E-state index in [4.69, 9.17) is 4.74 Å². The fourth-order valence-corrected chi connectivity index (χ4v) is 1.76. The summed E-state index contributed by atoms with van der Waals surface area (Å²) < 4.78 is 5.73. The zero-order valence-electron chi connectivity index (χ0n) is 11.5. The molecule has 0 saturated carbocycles. The molecule has 0 aliphatic rings. The van der Waals surface area contributed by atoms with Crippen molar-refractivity contribution in [2.45, 2.75) is 46.1 Å². The summed E-state index contributed by atoms with van der Waals surface area (Å²) in [5.41, 5.74) is 1.39. The van der Waals surface area contributed by atoms with E-state index >= 15 is 0 Å². The summed E-state index contributed by atoms with van der Waals surface area (Å²) in [5.74, 6) is 1.59. The van der Waals surface area contributed by atoms with Crippen molar-refractivity contribution in [2.24, 2.45) is 0 Å². The van der Waals surface area contributed by atoms with E-state index < -0.39 is 0 Å². The van der Waals surface area contributed by atoms with Gasteiger partial charge in [0.25, 0.3) is 0 Å². The third kappa shape index (κ3) is 4.78. The van der Waals surface area contributed by atoms with Gasteiger partial charge < -0.3 is 10.1 Å². The minimum atomic E-state index is 0.397. The molecule has 0 spiro atoms. The van der Waals surface area contributed by atoms with Crippen molar-refractivity contribution in [3.05, 3.63) is 29.8 Å². The topological polar surface area (TPSA) is 21.3 Å². The molecule has 0 aromatic heterocycles. The van der Waals surface area contributed by atoms with Crippen LogP contribution in [0.5, 0.6) is 5.75 Å². The molecule has 0 saturated heterocycles.